The van der Waals surface area contributed by atoms with Gasteiger partial charge < -0.3 is 4.74 Å². The van der Waals surface area contributed by atoms with Crippen LogP contribution in [0.4, 0.5) is 26.3 Å². The molecule has 1 fully saturated rings. The average molecular weight is 270 g/mol. The van der Waals surface area contributed by atoms with E-state index in [2.05, 4.69) is 0 Å². The van der Waals surface area contributed by atoms with Crippen LogP contribution in [0.1, 0.15) is 16.7 Å². The first-order valence-electron chi connectivity index (χ1n) is 5.06. The molecule has 1 heterocycles. The summed E-state index contributed by atoms with van der Waals surface area (Å²) in [6.45, 7) is 0.373. The lowest BCUT2D eigenvalue weighted by atomic mass is 10.0. The van der Waals surface area contributed by atoms with Gasteiger partial charge in [0.05, 0.1) is 23.8 Å². The predicted molar refractivity (Wildman–Crippen MR) is 49.9 cm³/mol. The normalized spacial score (nSPS) is 20.0. The Hall–Kier alpha value is -1.24. The van der Waals surface area contributed by atoms with Crippen LogP contribution in [0.25, 0.3) is 0 Å². The Bertz CT molecular complexity index is 412. The summed E-state index contributed by atoms with van der Waals surface area (Å²) in [4.78, 5) is 0. The summed E-state index contributed by atoms with van der Waals surface area (Å²) in [5, 5.41) is 0. The van der Waals surface area contributed by atoms with Gasteiger partial charge in [-0.3, -0.25) is 0 Å². The van der Waals surface area contributed by atoms with Crippen molar-refractivity contribution >= 4 is 0 Å². The molecule has 1 unspecified atom stereocenters. The van der Waals surface area contributed by atoms with E-state index in [4.69, 9.17) is 4.74 Å². The van der Waals surface area contributed by atoms with E-state index in [-0.39, 0.29) is 24.2 Å². The molecular weight excluding hydrogens is 262 g/mol. The van der Waals surface area contributed by atoms with Crippen molar-refractivity contribution in [3.05, 3.63) is 34.9 Å². The Labute approximate surface area is 98.4 Å². The van der Waals surface area contributed by atoms with Crippen molar-refractivity contribution in [1.29, 1.82) is 0 Å². The highest BCUT2D eigenvalue weighted by molar-refractivity contribution is 5.34. The fraction of sp³-hybridized carbons (Fsp3) is 0.455. The summed E-state index contributed by atoms with van der Waals surface area (Å²) < 4.78 is 79.7. The summed E-state index contributed by atoms with van der Waals surface area (Å²) in [7, 11) is 0. The maximum absolute atomic E-state index is 12.5. The van der Waals surface area contributed by atoms with Crippen LogP contribution in [0, 0.1) is 0 Å². The molecule has 1 nitrogen and oxygen atoms in total. The quantitative estimate of drug-likeness (QED) is 0.590. The molecule has 2 rings (SSSR count). The Morgan fingerprint density at radius 1 is 0.944 bits per heavy atom. The molecule has 1 aromatic rings. The number of ether oxygens (including phenoxy) is 1. The van der Waals surface area contributed by atoms with E-state index in [1.54, 1.807) is 0 Å². The van der Waals surface area contributed by atoms with E-state index >= 15 is 0 Å². The average Bonchev–Trinajstić information content (AvgIpc) is 2.98. The van der Waals surface area contributed by atoms with Crippen molar-refractivity contribution in [3.8, 4) is 0 Å². The zero-order valence-corrected chi connectivity index (χ0v) is 8.90. The van der Waals surface area contributed by atoms with Crippen LogP contribution in [0.2, 0.25) is 0 Å². The zero-order valence-electron chi connectivity index (χ0n) is 8.90. The van der Waals surface area contributed by atoms with E-state index in [1.807, 2.05) is 0 Å². The van der Waals surface area contributed by atoms with Crippen LogP contribution in [0.15, 0.2) is 18.2 Å². The topological polar surface area (TPSA) is 12.5 Å². The molecule has 0 saturated carbocycles. The van der Waals surface area contributed by atoms with Crippen molar-refractivity contribution in [2.75, 3.05) is 6.61 Å². The highest BCUT2D eigenvalue weighted by atomic mass is 19.4. The first-order chi connectivity index (χ1) is 8.16. The molecule has 1 aliphatic heterocycles. The van der Waals surface area contributed by atoms with Gasteiger partial charge >= 0.3 is 12.4 Å². The molecule has 0 aliphatic carbocycles. The molecule has 1 aliphatic rings. The van der Waals surface area contributed by atoms with E-state index in [9.17, 15) is 26.3 Å². The molecule has 18 heavy (non-hydrogen) atoms. The van der Waals surface area contributed by atoms with Gasteiger partial charge in [-0.05, 0) is 23.8 Å². The second-order valence-corrected chi connectivity index (χ2v) is 4.07. The number of rotatable bonds is 2. The monoisotopic (exact) mass is 270 g/mol. The minimum Gasteiger partial charge on any atom is -0.373 e. The standard InChI is InChI=1S/C11H8F6O/c12-10(13,14)7-1-6(3-9-5-18-9)2-8(4-7)11(15,16)17/h1-2,4,9H,3,5H2. The van der Waals surface area contributed by atoms with Crippen LogP contribution in [0.3, 0.4) is 0 Å². The molecule has 1 atom stereocenters. The fourth-order valence-electron chi connectivity index (χ4n) is 1.59. The molecule has 1 saturated heterocycles. The predicted octanol–water partition coefficient (Wildman–Crippen LogP) is 3.67. The van der Waals surface area contributed by atoms with E-state index in [0.717, 1.165) is 12.1 Å². The fourth-order valence-corrected chi connectivity index (χ4v) is 1.59. The van der Waals surface area contributed by atoms with Gasteiger partial charge in [-0.15, -0.1) is 0 Å². The number of alkyl halides is 6. The third-order valence-corrected chi connectivity index (χ3v) is 2.51. The maximum atomic E-state index is 12.5. The zero-order chi connectivity index (χ0) is 13.6. The first kappa shape index (κ1) is 13.2. The maximum Gasteiger partial charge on any atom is 0.416 e. The van der Waals surface area contributed by atoms with Crippen LogP contribution < -0.4 is 0 Å². The lowest BCUT2D eigenvalue weighted by Gasteiger charge is -2.13. The molecule has 0 spiro atoms. The van der Waals surface area contributed by atoms with Gasteiger partial charge in [-0.25, -0.2) is 0 Å². The van der Waals surface area contributed by atoms with Crippen LogP contribution in [-0.4, -0.2) is 12.7 Å². The number of hydrogen-bond acceptors (Lipinski definition) is 1. The van der Waals surface area contributed by atoms with Gasteiger partial charge in [-0.2, -0.15) is 26.3 Å². The number of benzene rings is 1. The van der Waals surface area contributed by atoms with Crippen molar-refractivity contribution in [1.82, 2.24) is 0 Å². The third kappa shape index (κ3) is 3.16. The van der Waals surface area contributed by atoms with Crippen molar-refractivity contribution in [3.63, 3.8) is 0 Å². The molecule has 0 aromatic heterocycles. The summed E-state index contributed by atoms with van der Waals surface area (Å²) in [5.41, 5.74) is -2.58. The molecule has 0 N–H and O–H groups in total. The van der Waals surface area contributed by atoms with Gasteiger partial charge in [0.2, 0.25) is 0 Å². The molecule has 0 amide bonds. The smallest absolute Gasteiger partial charge is 0.373 e. The summed E-state index contributed by atoms with van der Waals surface area (Å²) in [6.07, 6.45) is -9.79. The molecule has 0 bridgehead atoms. The SMILES string of the molecule is FC(F)(F)c1cc(CC2CO2)cc(C(F)(F)F)c1. The van der Waals surface area contributed by atoms with Crippen LogP contribution in [0.5, 0.6) is 0 Å². The third-order valence-electron chi connectivity index (χ3n) is 2.51. The summed E-state index contributed by atoms with van der Waals surface area (Å²) in [5.74, 6) is 0. The summed E-state index contributed by atoms with van der Waals surface area (Å²) >= 11 is 0. The molecule has 100 valence electrons. The van der Waals surface area contributed by atoms with Crippen LogP contribution >= 0.6 is 0 Å². The van der Waals surface area contributed by atoms with Gasteiger partial charge in [-0.1, -0.05) is 0 Å². The Kier molecular flexibility index (Phi) is 3.04. The summed E-state index contributed by atoms with van der Waals surface area (Å²) in [6, 6.07) is 1.59. The van der Waals surface area contributed by atoms with Gasteiger partial charge in [0.25, 0.3) is 0 Å². The Morgan fingerprint density at radius 3 is 1.72 bits per heavy atom. The second-order valence-electron chi connectivity index (χ2n) is 4.07. The van der Waals surface area contributed by atoms with E-state index in [1.165, 1.54) is 0 Å². The van der Waals surface area contributed by atoms with Crippen LogP contribution in [-0.2, 0) is 23.5 Å². The van der Waals surface area contributed by atoms with Gasteiger partial charge in [0, 0.05) is 6.42 Å². The number of epoxide rings is 1. The minimum atomic E-state index is -4.79. The van der Waals surface area contributed by atoms with E-state index in [0.29, 0.717) is 6.61 Å². The largest absolute Gasteiger partial charge is 0.416 e. The molecule has 1 aromatic carbocycles. The minimum absolute atomic E-state index is 0.0142. The molecular formula is C11H8F6O. The Morgan fingerprint density at radius 2 is 1.39 bits per heavy atom. The number of hydrogen-bond donors (Lipinski definition) is 0. The molecule has 0 radical (unpaired) electrons. The van der Waals surface area contributed by atoms with E-state index < -0.39 is 23.5 Å². The second kappa shape index (κ2) is 4.15. The first-order valence-corrected chi connectivity index (χ1v) is 5.06. The van der Waals surface area contributed by atoms with Crippen molar-refractivity contribution in [2.45, 2.75) is 24.9 Å². The van der Waals surface area contributed by atoms with Crippen molar-refractivity contribution in [2.24, 2.45) is 0 Å². The molecule has 7 heteroatoms. The number of halogens is 6. The van der Waals surface area contributed by atoms with Crippen molar-refractivity contribution < 1.29 is 31.1 Å². The Balaban J connectivity index is 2.40. The van der Waals surface area contributed by atoms with Gasteiger partial charge in [0.15, 0.2) is 0 Å². The van der Waals surface area contributed by atoms with Gasteiger partial charge in [0.1, 0.15) is 0 Å². The lowest BCUT2D eigenvalue weighted by molar-refractivity contribution is -0.143. The lowest BCUT2D eigenvalue weighted by Crippen LogP contribution is -2.12. The highest BCUT2D eigenvalue weighted by Gasteiger charge is 2.37. The highest BCUT2D eigenvalue weighted by Crippen LogP contribution is 2.36.